The van der Waals surface area contributed by atoms with Crippen LogP contribution in [-0.4, -0.2) is 49.0 Å². The molecule has 1 aliphatic rings. The van der Waals surface area contributed by atoms with Crippen molar-refractivity contribution in [2.24, 2.45) is 0 Å². The predicted octanol–water partition coefficient (Wildman–Crippen LogP) is 3.43. The van der Waals surface area contributed by atoms with E-state index in [9.17, 15) is 9.18 Å². The zero-order valence-corrected chi connectivity index (χ0v) is 17.9. The molecule has 7 nitrogen and oxygen atoms in total. The fourth-order valence-electron chi connectivity index (χ4n) is 3.70. The van der Waals surface area contributed by atoms with Crippen molar-refractivity contribution >= 4 is 17.5 Å². The van der Waals surface area contributed by atoms with Crippen molar-refractivity contribution in [3.05, 3.63) is 58.7 Å². The summed E-state index contributed by atoms with van der Waals surface area (Å²) in [5, 5.41) is 12.5. The van der Waals surface area contributed by atoms with E-state index >= 15 is 0 Å². The van der Waals surface area contributed by atoms with Crippen LogP contribution >= 0.6 is 11.8 Å². The van der Waals surface area contributed by atoms with Gasteiger partial charge in [0.1, 0.15) is 5.82 Å². The van der Waals surface area contributed by atoms with Gasteiger partial charge in [0.05, 0.1) is 18.4 Å². The molecule has 2 aromatic heterocycles. The van der Waals surface area contributed by atoms with E-state index in [2.05, 4.69) is 20.1 Å². The molecule has 0 unspecified atom stereocenters. The second-order valence-corrected chi connectivity index (χ2v) is 8.43. The lowest BCUT2D eigenvalue weighted by molar-refractivity contribution is 0.0912. The molecule has 158 valence electrons. The van der Waals surface area contributed by atoms with Gasteiger partial charge in [0.2, 0.25) is 5.16 Å². The van der Waals surface area contributed by atoms with Crippen LogP contribution in [0.5, 0.6) is 0 Å². The first kappa shape index (κ1) is 20.7. The second-order valence-electron chi connectivity index (χ2n) is 7.49. The number of ketones is 1. The number of nitrogens with zero attached hydrogens (tertiary/aromatic N) is 5. The first-order valence-electron chi connectivity index (χ1n) is 9.96. The highest BCUT2D eigenvalue weighted by Gasteiger charge is 2.21. The Morgan fingerprint density at radius 1 is 1.30 bits per heavy atom. The Labute approximate surface area is 178 Å². The minimum atomic E-state index is -0.255. The molecule has 3 aromatic rings. The van der Waals surface area contributed by atoms with Gasteiger partial charge in [-0.2, -0.15) is 0 Å². The third kappa shape index (κ3) is 4.62. The van der Waals surface area contributed by atoms with E-state index in [-0.39, 0.29) is 23.5 Å². The molecule has 30 heavy (non-hydrogen) atoms. The minimum Gasteiger partial charge on any atom is -0.376 e. The Balaban J connectivity index is 1.42. The predicted molar refractivity (Wildman–Crippen MR) is 111 cm³/mol. The molecule has 0 amide bonds. The summed E-state index contributed by atoms with van der Waals surface area (Å²) in [7, 11) is 0. The van der Waals surface area contributed by atoms with Crippen LogP contribution in [0.25, 0.3) is 0 Å². The fourth-order valence-corrected chi connectivity index (χ4v) is 4.47. The number of hydrogen-bond donors (Lipinski definition) is 0. The first-order valence-corrected chi connectivity index (χ1v) is 10.9. The highest BCUT2D eigenvalue weighted by atomic mass is 32.2. The topological polar surface area (TPSA) is 74.8 Å². The highest BCUT2D eigenvalue weighted by Crippen LogP contribution is 2.22. The number of tetrazole rings is 1. The number of carbonyl (C=O) groups is 1. The Bertz CT molecular complexity index is 1020. The van der Waals surface area contributed by atoms with Crippen LogP contribution in [0.15, 0.2) is 35.5 Å². The number of halogens is 1. The zero-order chi connectivity index (χ0) is 21.1. The molecular formula is C21H24FN5O2S. The van der Waals surface area contributed by atoms with Gasteiger partial charge in [-0.25, -0.2) is 9.07 Å². The summed E-state index contributed by atoms with van der Waals surface area (Å²) in [4.78, 5) is 12.9. The van der Waals surface area contributed by atoms with E-state index in [1.54, 1.807) is 16.8 Å². The normalized spacial score (nSPS) is 16.3. The van der Waals surface area contributed by atoms with E-state index in [0.29, 0.717) is 23.8 Å². The lowest BCUT2D eigenvalue weighted by Crippen LogP contribution is -2.17. The molecule has 1 aliphatic heterocycles. The molecule has 0 saturated carbocycles. The van der Waals surface area contributed by atoms with Gasteiger partial charge < -0.3 is 9.30 Å². The average molecular weight is 430 g/mol. The molecule has 0 bridgehead atoms. The Hall–Kier alpha value is -2.52. The lowest BCUT2D eigenvalue weighted by atomic mass is 10.2. The number of carbonyl (C=O) groups excluding carboxylic acids is 1. The molecular weight excluding hydrogens is 405 g/mol. The van der Waals surface area contributed by atoms with Crippen molar-refractivity contribution < 1.29 is 13.9 Å². The Kier molecular flexibility index (Phi) is 6.29. The van der Waals surface area contributed by atoms with Gasteiger partial charge in [-0.3, -0.25) is 4.79 Å². The van der Waals surface area contributed by atoms with Gasteiger partial charge in [-0.1, -0.05) is 23.9 Å². The number of hydrogen-bond acceptors (Lipinski definition) is 6. The van der Waals surface area contributed by atoms with E-state index in [0.717, 1.165) is 36.4 Å². The van der Waals surface area contributed by atoms with Crippen LogP contribution in [0.1, 0.15) is 40.2 Å². The van der Waals surface area contributed by atoms with Crippen LogP contribution in [0.3, 0.4) is 0 Å². The van der Waals surface area contributed by atoms with Gasteiger partial charge in [-0.05, 0) is 60.9 Å². The number of aryl methyl sites for hydroxylation is 1. The number of ether oxygens (including phenoxy) is 1. The van der Waals surface area contributed by atoms with Crippen LogP contribution < -0.4 is 0 Å². The molecule has 0 spiro atoms. The number of benzene rings is 1. The summed E-state index contributed by atoms with van der Waals surface area (Å²) < 4.78 is 22.6. The second kappa shape index (κ2) is 9.09. The summed E-state index contributed by atoms with van der Waals surface area (Å²) in [5.41, 5.74) is 3.58. The average Bonchev–Trinajstić information content (AvgIpc) is 3.46. The third-order valence-corrected chi connectivity index (χ3v) is 6.32. The van der Waals surface area contributed by atoms with Gasteiger partial charge in [-0.15, -0.1) is 5.10 Å². The molecule has 1 aromatic carbocycles. The summed E-state index contributed by atoms with van der Waals surface area (Å²) in [6, 6.07) is 8.34. The molecule has 3 heterocycles. The van der Waals surface area contributed by atoms with Crippen molar-refractivity contribution in [3.8, 4) is 0 Å². The minimum absolute atomic E-state index is 0.0325. The molecule has 0 N–H and O–H groups in total. The number of thioether (sulfide) groups is 1. The zero-order valence-electron chi connectivity index (χ0n) is 17.0. The monoisotopic (exact) mass is 429 g/mol. The molecule has 9 heteroatoms. The summed E-state index contributed by atoms with van der Waals surface area (Å²) >= 11 is 1.34. The standard InChI is InChI=1S/C21H24FN5O2S/c1-14-10-19(15(2)26(14)11-16-5-7-17(22)8-6-16)20(28)13-30-21-23-24-25-27(21)12-18-4-3-9-29-18/h5-8,10,18H,3-4,9,11-13H2,1-2H3/t18-/m1/s1. The summed E-state index contributed by atoms with van der Waals surface area (Å²) in [5.74, 6) is 0.0340. The van der Waals surface area contributed by atoms with Gasteiger partial charge >= 0.3 is 0 Å². The van der Waals surface area contributed by atoms with Crippen LogP contribution in [0.2, 0.25) is 0 Å². The number of Topliss-reactive ketones (excluding diaryl/α,β-unsaturated/α-hetero) is 1. The van der Waals surface area contributed by atoms with Crippen LogP contribution in [0, 0.1) is 19.7 Å². The lowest BCUT2D eigenvalue weighted by Gasteiger charge is -2.10. The Morgan fingerprint density at radius 3 is 2.83 bits per heavy atom. The molecule has 4 rings (SSSR count). The molecule has 1 saturated heterocycles. The largest absolute Gasteiger partial charge is 0.376 e. The molecule has 1 atom stereocenters. The van der Waals surface area contributed by atoms with Crippen molar-refractivity contribution in [1.29, 1.82) is 0 Å². The SMILES string of the molecule is Cc1cc(C(=O)CSc2nnnn2C[C@H]2CCCO2)c(C)n1Cc1ccc(F)cc1. The van der Waals surface area contributed by atoms with Gasteiger partial charge in [0, 0.05) is 30.1 Å². The maximum absolute atomic E-state index is 13.2. The number of aromatic nitrogens is 5. The van der Waals surface area contributed by atoms with E-state index in [4.69, 9.17) is 4.74 Å². The van der Waals surface area contributed by atoms with Gasteiger partial charge in [0.15, 0.2) is 5.78 Å². The van der Waals surface area contributed by atoms with E-state index in [1.165, 1.54) is 23.9 Å². The first-order chi connectivity index (χ1) is 14.5. The molecule has 1 fully saturated rings. The smallest absolute Gasteiger partial charge is 0.209 e. The van der Waals surface area contributed by atoms with Gasteiger partial charge in [0.25, 0.3) is 0 Å². The Morgan fingerprint density at radius 2 is 2.10 bits per heavy atom. The van der Waals surface area contributed by atoms with E-state index in [1.807, 2.05) is 19.9 Å². The van der Waals surface area contributed by atoms with Crippen molar-refractivity contribution in [1.82, 2.24) is 24.8 Å². The van der Waals surface area contributed by atoms with E-state index < -0.39 is 0 Å². The van der Waals surface area contributed by atoms with Crippen LogP contribution in [0.4, 0.5) is 4.39 Å². The van der Waals surface area contributed by atoms with Crippen molar-refractivity contribution in [2.75, 3.05) is 12.4 Å². The maximum Gasteiger partial charge on any atom is 0.209 e. The van der Waals surface area contributed by atoms with Crippen molar-refractivity contribution in [3.63, 3.8) is 0 Å². The molecule has 0 aliphatic carbocycles. The number of rotatable bonds is 8. The summed E-state index contributed by atoms with van der Waals surface area (Å²) in [6.07, 6.45) is 2.19. The maximum atomic E-state index is 13.2. The quantitative estimate of drug-likeness (QED) is 0.403. The fraction of sp³-hybridized carbons (Fsp3) is 0.429. The molecule has 0 radical (unpaired) electrons. The summed E-state index contributed by atoms with van der Waals surface area (Å²) in [6.45, 7) is 5.90. The van der Waals surface area contributed by atoms with Crippen molar-refractivity contribution in [2.45, 2.75) is 51.0 Å². The highest BCUT2D eigenvalue weighted by molar-refractivity contribution is 7.99. The third-order valence-electron chi connectivity index (χ3n) is 5.36. The van der Waals surface area contributed by atoms with Crippen LogP contribution in [-0.2, 0) is 17.8 Å².